The molecule has 6 aromatic rings. The molecule has 6 rings (SSSR count). The fourth-order valence-corrected chi connectivity index (χ4v) is 4.57. The zero-order chi connectivity index (χ0) is 22.9. The number of hydrogen-bond donors (Lipinski definition) is 0. The van der Waals surface area contributed by atoms with Crippen molar-refractivity contribution in [1.29, 1.82) is 0 Å². The summed E-state index contributed by atoms with van der Waals surface area (Å²) < 4.78 is 3.14. The van der Waals surface area contributed by atoms with E-state index in [4.69, 9.17) is 15.0 Å². The maximum atomic E-state index is 4.87. The van der Waals surface area contributed by atoms with Crippen LogP contribution in [0, 0.1) is 0 Å². The molecule has 0 unspecified atom stereocenters. The lowest BCUT2D eigenvalue weighted by Crippen LogP contribution is -2.01. The Hall–Kier alpha value is -4.09. The zero-order valence-electron chi connectivity index (χ0n) is 18.1. The maximum absolute atomic E-state index is 4.87. The first-order valence-corrected chi connectivity index (χ1v) is 11.8. The van der Waals surface area contributed by atoms with E-state index < -0.39 is 0 Å². The van der Waals surface area contributed by atoms with Gasteiger partial charge in [0, 0.05) is 33.0 Å². The Morgan fingerprint density at radius 2 is 1.09 bits per heavy atom. The van der Waals surface area contributed by atoms with Crippen LogP contribution in [0.3, 0.4) is 0 Å². The second-order valence-electron chi connectivity index (χ2n) is 7.98. The molecule has 0 saturated heterocycles. The van der Waals surface area contributed by atoms with E-state index in [1.165, 1.54) is 5.39 Å². The zero-order valence-corrected chi connectivity index (χ0v) is 19.7. The molecule has 0 atom stereocenters. The third-order valence-corrected chi connectivity index (χ3v) is 6.18. The molecule has 34 heavy (non-hydrogen) atoms. The van der Waals surface area contributed by atoms with Gasteiger partial charge in [-0.25, -0.2) is 15.0 Å². The predicted octanol–water partition coefficient (Wildman–Crippen LogP) is 7.58. The van der Waals surface area contributed by atoms with Crippen molar-refractivity contribution in [2.45, 2.75) is 0 Å². The topological polar surface area (TPSA) is 43.6 Å². The third kappa shape index (κ3) is 3.91. The second kappa shape index (κ2) is 8.69. The molecule has 0 aliphatic heterocycles. The summed E-state index contributed by atoms with van der Waals surface area (Å²) in [5.74, 6) is 1.93. The van der Waals surface area contributed by atoms with Crippen LogP contribution in [0.4, 0.5) is 0 Å². The van der Waals surface area contributed by atoms with Crippen LogP contribution in [0.25, 0.3) is 50.8 Å². The lowest BCUT2D eigenvalue weighted by atomic mass is 10.1. The largest absolute Gasteiger partial charge is 0.316 e. The normalized spacial score (nSPS) is 11.1. The highest BCUT2D eigenvalue weighted by atomic mass is 79.9. The number of aromatic nitrogens is 4. The summed E-state index contributed by atoms with van der Waals surface area (Å²) in [6, 6.07) is 36.8. The van der Waals surface area contributed by atoms with Gasteiger partial charge in [-0.3, -0.25) is 0 Å². The summed E-state index contributed by atoms with van der Waals surface area (Å²) in [7, 11) is 0. The van der Waals surface area contributed by atoms with Gasteiger partial charge in [0.15, 0.2) is 17.5 Å². The summed E-state index contributed by atoms with van der Waals surface area (Å²) in [5.41, 5.74) is 5.01. The molecule has 5 heteroatoms. The van der Waals surface area contributed by atoms with Crippen LogP contribution in [-0.4, -0.2) is 19.5 Å². The Morgan fingerprint density at radius 1 is 0.529 bits per heavy atom. The van der Waals surface area contributed by atoms with E-state index in [2.05, 4.69) is 69.2 Å². The van der Waals surface area contributed by atoms with Crippen molar-refractivity contribution < 1.29 is 0 Å². The molecule has 0 aliphatic rings. The van der Waals surface area contributed by atoms with Gasteiger partial charge in [0.25, 0.3) is 0 Å². The number of rotatable bonds is 4. The first-order valence-electron chi connectivity index (χ1n) is 11.0. The SMILES string of the molecule is Brc1cc(-c2nc(-c3ccccc3)nc(-c3ccccc3)n2)cc(-n2ccc3ccccc32)c1. The minimum absolute atomic E-state index is 0.631. The average Bonchev–Trinajstić information content (AvgIpc) is 3.33. The van der Waals surface area contributed by atoms with Crippen molar-refractivity contribution in [3.8, 4) is 39.9 Å². The number of nitrogens with zero attached hydrogens (tertiary/aromatic N) is 4. The number of para-hydroxylation sites is 1. The molecule has 162 valence electrons. The Morgan fingerprint density at radius 3 is 1.74 bits per heavy atom. The van der Waals surface area contributed by atoms with Crippen molar-refractivity contribution in [1.82, 2.24) is 19.5 Å². The standard InChI is InChI=1S/C29H19BrN4/c30-24-17-23(18-25(19-24)34-16-15-20-9-7-8-14-26(20)34)29-32-27(21-10-3-1-4-11-21)31-28(33-29)22-12-5-2-6-13-22/h1-19H. The van der Waals surface area contributed by atoms with Gasteiger partial charge in [0.2, 0.25) is 0 Å². The van der Waals surface area contributed by atoms with E-state index >= 15 is 0 Å². The summed E-state index contributed by atoms with van der Waals surface area (Å²) >= 11 is 3.70. The molecule has 2 heterocycles. The Bertz CT molecular complexity index is 1550. The van der Waals surface area contributed by atoms with Gasteiger partial charge < -0.3 is 4.57 Å². The van der Waals surface area contributed by atoms with Crippen molar-refractivity contribution >= 4 is 26.8 Å². The molecule has 0 N–H and O–H groups in total. The first-order chi connectivity index (χ1) is 16.7. The number of hydrogen-bond acceptors (Lipinski definition) is 3. The molecule has 4 aromatic carbocycles. The molecular weight excluding hydrogens is 484 g/mol. The van der Waals surface area contributed by atoms with Crippen LogP contribution >= 0.6 is 15.9 Å². The molecule has 0 spiro atoms. The highest BCUT2D eigenvalue weighted by Crippen LogP contribution is 2.30. The molecule has 4 nitrogen and oxygen atoms in total. The van der Waals surface area contributed by atoms with Crippen molar-refractivity contribution in [2.75, 3.05) is 0 Å². The van der Waals surface area contributed by atoms with Crippen LogP contribution in [0.5, 0.6) is 0 Å². The van der Waals surface area contributed by atoms with Crippen LogP contribution in [0.2, 0.25) is 0 Å². The van der Waals surface area contributed by atoms with E-state index in [1.54, 1.807) is 0 Å². The predicted molar refractivity (Wildman–Crippen MR) is 141 cm³/mol. The summed E-state index contributed by atoms with van der Waals surface area (Å²) in [6.45, 7) is 0. The Balaban J connectivity index is 1.54. The van der Waals surface area contributed by atoms with Gasteiger partial charge in [-0.15, -0.1) is 0 Å². The average molecular weight is 503 g/mol. The van der Waals surface area contributed by atoms with Gasteiger partial charge >= 0.3 is 0 Å². The highest BCUT2D eigenvalue weighted by Gasteiger charge is 2.14. The Labute approximate surface area is 205 Å². The van der Waals surface area contributed by atoms with Crippen LogP contribution in [-0.2, 0) is 0 Å². The number of benzene rings is 4. The monoisotopic (exact) mass is 502 g/mol. The van der Waals surface area contributed by atoms with Gasteiger partial charge in [-0.05, 0) is 35.7 Å². The van der Waals surface area contributed by atoms with Crippen LogP contribution in [0.1, 0.15) is 0 Å². The van der Waals surface area contributed by atoms with Gasteiger partial charge in [0.1, 0.15) is 0 Å². The summed E-state index contributed by atoms with van der Waals surface area (Å²) in [5, 5.41) is 1.20. The second-order valence-corrected chi connectivity index (χ2v) is 8.90. The Kier molecular flexibility index (Phi) is 5.24. The van der Waals surface area contributed by atoms with Gasteiger partial charge in [-0.2, -0.15) is 0 Å². The fourth-order valence-electron chi connectivity index (χ4n) is 4.09. The van der Waals surface area contributed by atoms with E-state index in [0.29, 0.717) is 17.5 Å². The quantitative estimate of drug-likeness (QED) is 0.249. The highest BCUT2D eigenvalue weighted by molar-refractivity contribution is 9.10. The maximum Gasteiger partial charge on any atom is 0.164 e. The molecule has 0 aliphatic carbocycles. The summed E-state index contributed by atoms with van der Waals surface area (Å²) in [4.78, 5) is 14.5. The molecular formula is C29H19BrN4. The molecule has 0 radical (unpaired) electrons. The number of fused-ring (bicyclic) bond motifs is 1. The van der Waals surface area contributed by atoms with E-state index in [-0.39, 0.29) is 0 Å². The van der Waals surface area contributed by atoms with Gasteiger partial charge in [-0.1, -0.05) is 94.8 Å². The van der Waals surface area contributed by atoms with E-state index in [1.807, 2.05) is 66.7 Å². The van der Waals surface area contributed by atoms with Crippen molar-refractivity contribution in [3.05, 3.63) is 120 Å². The first kappa shape index (κ1) is 20.5. The minimum Gasteiger partial charge on any atom is -0.316 e. The molecule has 0 fully saturated rings. The molecule has 0 bridgehead atoms. The van der Waals surface area contributed by atoms with E-state index in [9.17, 15) is 0 Å². The van der Waals surface area contributed by atoms with Crippen LogP contribution < -0.4 is 0 Å². The molecule has 0 saturated carbocycles. The third-order valence-electron chi connectivity index (χ3n) is 5.72. The van der Waals surface area contributed by atoms with E-state index in [0.717, 1.165) is 32.4 Å². The van der Waals surface area contributed by atoms with Crippen molar-refractivity contribution in [2.24, 2.45) is 0 Å². The minimum atomic E-state index is 0.631. The molecule has 2 aromatic heterocycles. The number of halogens is 1. The van der Waals surface area contributed by atoms with Crippen molar-refractivity contribution in [3.63, 3.8) is 0 Å². The lowest BCUT2D eigenvalue weighted by molar-refractivity contribution is 1.07. The lowest BCUT2D eigenvalue weighted by Gasteiger charge is -2.11. The van der Waals surface area contributed by atoms with Crippen LogP contribution in [0.15, 0.2) is 120 Å². The fraction of sp³-hybridized carbons (Fsp3) is 0. The summed E-state index contributed by atoms with van der Waals surface area (Å²) in [6.07, 6.45) is 2.09. The smallest absolute Gasteiger partial charge is 0.164 e. The molecule has 0 amide bonds. The van der Waals surface area contributed by atoms with Gasteiger partial charge in [0.05, 0.1) is 5.52 Å².